The number of esters is 2. The van der Waals surface area contributed by atoms with Crippen LogP contribution in [0.2, 0.25) is 0 Å². The molecule has 6 heteroatoms. The Morgan fingerprint density at radius 1 is 1.06 bits per heavy atom. The first-order chi connectivity index (χ1) is 15.4. The number of hydrogen-bond acceptors (Lipinski definition) is 6. The van der Waals surface area contributed by atoms with Crippen molar-refractivity contribution in [1.82, 2.24) is 0 Å². The largest absolute Gasteiger partial charge is 0.463 e. The number of cyclic esters (lactones) is 1. The van der Waals surface area contributed by atoms with Crippen LogP contribution in [0, 0.1) is 34.0 Å². The lowest BCUT2D eigenvalue weighted by Crippen LogP contribution is -2.63. The summed E-state index contributed by atoms with van der Waals surface area (Å²) in [7, 11) is 0. The first-order valence-corrected chi connectivity index (χ1v) is 12.8. The molecular weight excluding hydrogens is 420 g/mol. The van der Waals surface area contributed by atoms with Gasteiger partial charge in [-0.3, -0.25) is 4.79 Å². The molecule has 33 heavy (non-hydrogen) atoms. The van der Waals surface area contributed by atoms with Crippen molar-refractivity contribution in [3.8, 4) is 0 Å². The van der Waals surface area contributed by atoms with Crippen molar-refractivity contribution in [1.29, 1.82) is 0 Å². The highest BCUT2D eigenvalue weighted by atomic mass is 16.6. The maximum Gasteiger partial charge on any atom is 0.333 e. The van der Waals surface area contributed by atoms with E-state index in [0.29, 0.717) is 22.3 Å². The topological polar surface area (TPSA) is 82.1 Å². The number of aliphatic hydroxyl groups is 1. The summed E-state index contributed by atoms with van der Waals surface area (Å²) < 4.78 is 17.3. The van der Waals surface area contributed by atoms with E-state index in [0.717, 1.165) is 31.6 Å². The molecule has 5 aliphatic rings. The van der Waals surface area contributed by atoms with Crippen molar-refractivity contribution < 1.29 is 28.9 Å². The van der Waals surface area contributed by atoms with Gasteiger partial charge in [0, 0.05) is 18.6 Å². The van der Waals surface area contributed by atoms with E-state index in [9.17, 15) is 14.7 Å². The molecule has 4 fully saturated rings. The molecule has 0 amide bonds. The zero-order valence-electron chi connectivity index (χ0n) is 20.8. The quantitative estimate of drug-likeness (QED) is 0.623. The van der Waals surface area contributed by atoms with E-state index in [1.807, 2.05) is 0 Å². The molecule has 0 aromatic rings. The SMILES string of the molecule is CC(=O)OC[C@]12CC[C@H]3[C@@](C)(CC[C@H]4C(C)(C)CCC[C@]34C)[C@@H]1C[C@H](C1=CC(=O)OC1O)O2. The first-order valence-electron chi connectivity index (χ1n) is 12.8. The number of ether oxygens (including phenoxy) is 3. The third-order valence-electron chi connectivity index (χ3n) is 10.6. The molecule has 1 unspecified atom stereocenters. The zero-order chi connectivity index (χ0) is 23.8. The highest BCUT2D eigenvalue weighted by Crippen LogP contribution is 2.71. The Labute approximate surface area is 197 Å². The molecule has 5 rings (SSSR count). The molecule has 0 aromatic carbocycles. The molecule has 0 radical (unpaired) electrons. The Morgan fingerprint density at radius 3 is 2.42 bits per heavy atom. The molecule has 6 nitrogen and oxygen atoms in total. The fourth-order valence-electron chi connectivity index (χ4n) is 9.40. The lowest BCUT2D eigenvalue weighted by molar-refractivity contribution is -0.216. The van der Waals surface area contributed by atoms with E-state index in [2.05, 4.69) is 27.7 Å². The first kappa shape index (κ1) is 23.3. The molecule has 0 bridgehead atoms. The fraction of sp³-hybridized carbons (Fsp3) is 0.852. The molecule has 0 aromatic heterocycles. The van der Waals surface area contributed by atoms with Crippen molar-refractivity contribution in [2.75, 3.05) is 6.61 Å². The lowest BCUT2D eigenvalue weighted by Gasteiger charge is -2.67. The number of rotatable bonds is 3. The molecule has 1 N–H and O–H groups in total. The molecule has 1 saturated heterocycles. The van der Waals surface area contributed by atoms with Gasteiger partial charge in [0.05, 0.1) is 6.10 Å². The number of hydrogen-bond donors (Lipinski definition) is 1. The Balaban J connectivity index is 1.51. The Hall–Kier alpha value is -1.40. The molecule has 3 saturated carbocycles. The van der Waals surface area contributed by atoms with Crippen molar-refractivity contribution in [3.05, 3.63) is 11.6 Å². The van der Waals surface area contributed by atoms with Gasteiger partial charge in [0.1, 0.15) is 12.2 Å². The van der Waals surface area contributed by atoms with Gasteiger partial charge < -0.3 is 19.3 Å². The third-order valence-corrected chi connectivity index (χ3v) is 10.6. The monoisotopic (exact) mass is 460 g/mol. The van der Waals surface area contributed by atoms with Gasteiger partial charge in [-0.2, -0.15) is 0 Å². The van der Waals surface area contributed by atoms with Crippen LogP contribution in [0.3, 0.4) is 0 Å². The summed E-state index contributed by atoms with van der Waals surface area (Å²) in [6.07, 6.45) is 8.59. The summed E-state index contributed by atoms with van der Waals surface area (Å²) in [5, 5.41) is 10.3. The highest BCUT2D eigenvalue weighted by Gasteiger charge is 2.68. The lowest BCUT2D eigenvalue weighted by atomic mass is 9.38. The van der Waals surface area contributed by atoms with Crippen LogP contribution in [-0.4, -0.2) is 41.6 Å². The van der Waals surface area contributed by atoms with Crippen LogP contribution in [-0.2, 0) is 23.8 Å². The average molecular weight is 461 g/mol. The number of fused-ring (bicyclic) bond motifs is 5. The smallest absolute Gasteiger partial charge is 0.333 e. The Morgan fingerprint density at radius 2 is 1.76 bits per heavy atom. The summed E-state index contributed by atoms with van der Waals surface area (Å²) in [5.41, 5.74) is 0.648. The van der Waals surface area contributed by atoms with Crippen molar-refractivity contribution in [2.45, 2.75) is 104 Å². The van der Waals surface area contributed by atoms with Gasteiger partial charge in [0.2, 0.25) is 6.29 Å². The molecule has 2 heterocycles. The van der Waals surface area contributed by atoms with E-state index < -0.39 is 24.0 Å². The minimum Gasteiger partial charge on any atom is -0.463 e. The van der Waals surface area contributed by atoms with Crippen molar-refractivity contribution in [2.24, 2.45) is 34.0 Å². The van der Waals surface area contributed by atoms with Crippen molar-refractivity contribution >= 4 is 11.9 Å². The maximum absolute atomic E-state index is 11.8. The van der Waals surface area contributed by atoms with Gasteiger partial charge in [0.25, 0.3) is 0 Å². The summed E-state index contributed by atoms with van der Waals surface area (Å²) >= 11 is 0. The molecule has 3 aliphatic carbocycles. The molecule has 8 atom stereocenters. The summed E-state index contributed by atoms with van der Waals surface area (Å²) in [4.78, 5) is 23.6. The van der Waals surface area contributed by atoms with E-state index in [-0.39, 0.29) is 23.9 Å². The van der Waals surface area contributed by atoms with Crippen LogP contribution >= 0.6 is 0 Å². The second-order valence-corrected chi connectivity index (χ2v) is 12.7. The minimum absolute atomic E-state index is 0.0564. The Bertz CT molecular complexity index is 878. The van der Waals surface area contributed by atoms with E-state index >= 15 is 0 Å². The number of aliphatic hydroxyl groups excluding tert-OH is 1. The second-order valence-electron chi connectivity index (χ2n) is 12.7. The molecule has 0 spiro atoms. The second kappa shape index (κ2) is 7.55. The molecule has 184 valence electrons. The average Bonchev–Trinajstić information content (AvgIpc) is 3.26. The van der Waals surface area contributed by atoms with E-state index in [4.69, 9.17) is 14.2 Å². The predicted molar refractivity (Wildman–Crippen MR) is 122 cm³/mol. The zero-order valence-corrected chi connectivity index (χ0v) is 20.8. The van der Waals surface area contributed by atoms with Crippen LogP contribution in [0.1, 0.15) is 86.0 Å². The predicted octanol–water partition coefficient (Wildman–Crippen LogP) is 4.54. The van der Waals surface area contributed by atoms with Crippen LogP contribution < -0.4 is 0 Å². The van der Waals surface area contributed by atoms with Crippen LogP contribution in [0.4, 0.5) is 0 Å². The van der Waals surface area contributed by atoms with Crippen LogP contribution in [0.15, 0.2) is 11.6 Å². The third kappa shape index (κ3) is 3.42. The van der Waals surface area contributed by atoms with Crippen LogP contribution in [0.5, 0.6) is 0 Å². The van der Waals surface area contributed by atoms with Crippen molar-refractivity contribution in [3.63, 3.8) is 0 Å². The number of carbonyl (C=O) groups is 2. The molecule has 2 aliphatic heterocycles. The number of carbonyl (C=O) groups excluding carboxylic acids is 2. The van der Waals surface area contributed by atoms with Gasteiger partial charge in [-0.05, 0) is 78.9 Å². The van der Waals surface area contributed by atoms with Gasteiger partial charge in [-0.1, -0.05) is 34.1 Å². The minimum atomic E-state index is -1.25. The van der Waals surface area contributed by atoms with Crippen LogP contribution in [0.25, 0.3) is 0 Å². The summed E-state index contributed by atoms with van der Waals surface area (Å²) in [6.45, 7) is 11.6. The fourth-order valence-corrected chi connectivity index (χ4v) is 9.40. The normalized spacial score (nSPS) is 48.2. The standard InChI is InChI=1S/C27H40O6/c1-16(28)31-15-27-12-8-20-25(4)10-6-9-24(2,3)19(25)7-11-26(20,5)21(27)14-18(33-27)17-13-22(29)32-23(17)30/h13,18-21,23,30H,6-12,14-15H2,1-5H3/t18-,19+,20-,21+,23?,25+,26-,27-/m1/s1. The van der Waals surface area contributed by atoms with Gasteiger partial charge in [-0.15, -0.1) is 0 Å². The molecular formula is C27H40O6. The van der Waals surface area contributed by atoms with E-state index in [1.54, 1.807) is 0 Å². The van der Waals surface area contributed by atoms with Gasteiger partial charge in [-0.25, -0.2) is 4.79 Å². The maximum atomic E-state index is 11.8. The summed E-state index contributed by atoms with van der Waals surface area (Å²) in [6, 6.07) is 0. The van der Waals surface area contributed by atoms with Gasteiger partial charge in [0.15, 0.2) is 0 Å². The van der Waals surface area contributed by atoms with Gasteiger partial charge >= 0.3 is 11.9 Å². The summed E-state index contributed by atoms with van der Waals surface area (Å²) in [5.74, 6) is 0.680. The Kier molecular flexibility index (Phi) is 5.34. The van der Waals surface area contributed by atoms with E-state index in [1.165, 1.54) is 38.7 Å². The highest BCUT2D eigenvalue weighted by molar-refractivity contribution is 5.85.